The summed E-state index contributed by atoms with van der Waals surface area (Å²) >= 11 is 5.75. The van der Waals surface area contributed by atoms with Crippen molar-refractivity contribution in [2.45, 2.75) is 5.88 Å². The Labute approximate surface area is 120 Å². The molecule has 2 aromatic carbocycles. The Morgan fingerprint density at radius 1 is 1.20 bits per heavy atom. The van der Waals surface area contributed by atoms with E-state index in [1.807, 2.05) is 6.07 Å². The standard InChI is InChI=1S/C14H12ClNO4/c1-19-11-5-6-13(16(17)18)14(8-11)20-12-4-2-3-10(7-12)9-15/h2-8H,9H2,1H3. The Morgan fingerprint density at radius 3 is 2.65 bits per heavy atom. The summed E-state index contributed by atoms with van der Waals surface area (Å²) in [5.41, 5.74) is 0.747. The first-order valence-corrected chi connectivity index (χ1v) is 6.32. The lowest BCUT2D eigenvalue weighted by Crippen LogP contribution is -1.95. The first kappa shape index (κ1) is 14.1. The maximum absolute atomic E-state index is 11.0. The Hall–Kier alpha value is -2.27. The van der Waals surface area contributed by atoms with E-state index in [4.69, 9.17) is 21.1 Å². The minimum Gasteiger partial charge on any atom is -0.497 e. The lowest BCUT2D eigenvalue weighted by atomic mass is 10.2. The van der Waals surface area contributed by atoms with Crippen LogP contribution in [0, 0.1) is 10.1 Å². The molecule has 0 aliphatic carbocycles. The number of nitro groups is 1. The second-order valence-electron chi connectivity index (χ2n) is 3.97. The molecule has 0 fully saturated rings. The number of alkyl halides is 1. The predicted molar refractivity (Wildman–Crippen MR) is 75.7 cm³/mol. The van der Waals surface area contributed by atoms with Gasteiger partial charge >= 0.3 is 5.69 Å². The van der Waals surface area contributed by atoms with Gasteiger partial charge in [0, 0.05) is 18.0 Å². The number of benzene rings is 2. The molecule has 6 heteroatoms. The van der Waals surface area contributed by atoms with E-state index in [1.165, 1.54) is 25.3 Å². The van der Waals surface area contributed by atoms with Crippen molar-refractivity contribution in [1.29, 1.82) is 0 Å². The molecule has 0 radical (unpaired) electrons. The molecule has 5 nitrogen and oxygen atoms in total. The number of hydrogen-bond donors (Lipinski definition) is 0. The van der Waals surface area contributed by atoms with E-state index in [0.717, 1.165) is 5.56 Å². The first-order chi connectivity index (χ1) is 9.63. The quantitative estimate of drug-likeness (QED) is 0.472. The molecule has 0 aliphatic rings. The summed E-state index contributed by atoms with van der Waals surface area (Å²) in [5, 5.41) is 11.0. The van der Waals surface area contributed by atoms with Crippen LogP contribution in [0.15, 0.2) is 42.5 Å². The molecule has 104 valence electrons. The zero-order valence-corrected chi connectivity index (χ0v) is 11.5. The maximum atomic E-state index is 11.0. The van der Waals surface area contributed by atoms with Crippen molar-refractivity contribution in [1.82, 2.24) is 0 Å². The van der Waals surface area contributed by atoms with Gasteiger partial charge in [-0.3, -0.25) is 10.1 Å². The molecule has 0 atom stereocenters. The fraction of sp³-hybridized carbons (Fsp3) is 0.143. The third kappa shape index (κ3) is 3.19. The van der Waals surface area contributed by atoms with E-state index in [2.05, 4.69) is 0 Å². The van der Waals surface area contributed by atoms with Crippen molar-refractivity contribution in [2.24, 2.45) is 0 Å². The van der Waals surface area contributed by atoms with Crippen LogP contribution in [0.5, 0.6) is 17.2 Å². The first-order valence-electron chi connectivity index (χ1n) is 5.79. The Bertz CT molecular complexity index is 630. The smallest absolute Gasteiger partial charge is 0.311 e. The third-order valence-electron chi connectivity index (χ3n) is 2.64. The van der Waals surface area contributed by atoms with Crippen LogP contribution < -0.4 is 9.47 Å². The topological polar surface area (TPSA) is 61.6 Å². The molecular formula is C14H12ClNO4. The van der Waals surface area contributed by atoms with E-state index in [0.29, 0.717) is 17.4 Å². The highest BCUT2D eigenvalue weighted by atomic mass is 35.5. The number of nitrogens with zero attached hydrogens (tertiary/aromatic N) is 1. The van der Waals surface area contributed by atoms with Gasteiger partial charge in [0.25, 0.3) is 0 Å². The molecule has 0 spiro atoms. The van der Waals surface area contributed by atoms with Crippen molar-refractivity contribution < 1.29 is 14.4 Å². The van der Waals surface area contributed by atoms with Gasteiger partial charge in [-0.1, -0.05) is 12.1 Å². The van der Waals surface area contributed by atoms with Gasteiger partial charge in [0.05, 0.1) is 12.0 Å². The summed E-state index contributed by atoms with van der Waals surface area (Å²) in [7, 11) is 1.49. The number of rotatable bonds is 5. The summed E-state index contributed by atoms with van der Waals surface area (Å²) in [4.78, 5) is 10.5. The molecule has 0 heterocycles. The molecule has 0 amide bonds. The van der Waals surface area contributed by atoms with Crippen LogP contribution in [0.25, 0.3) is 0 Å². The fourth-order valence-corrected chi connectivity index (χ4v) is 1.84. The molecule has 0 unspecified atom stereocenters. The molecule has 0 saturated carbocycles. The highest BCUT2D eigenvalue weighted by Gasteiger charge is 2.17. The van der Waals surface area contributed by atoms with Gasteiger partial charge in [-0.05, 0) is 23.8 Å². The molecule has 0 aliphatic heterocycles. The average molecular weight is 294 g/mol. The van der Waals surface area contributed by atoms with Crippen LogP contribution in [-0.4, -0.2) is 12.0 Å². The van der Waals surface area contributed by atoms with Crippen LogP contribution in [0.4, 0.5) is 5.69 Å². The number of halogens is 1. The lowest BCUT2D eigenvalue weighted by molar-refractivity contribution is -0.385. The summed E-state index contributed by atoms with van der Waals surface area (Å²) < 4.78 is 10.6. The summed E-state index contributed by atoms with van der Waals surface area (Å²) in [6.07, 6.45) is 0. The van der Waals surface area contributed by atoms with E-state index < -0.39 is 4.92 Å². The summed E-state index contributed by atoms with van der Waals surface area (Å²) in [5.74, 6) is 1.44. The number of nitro benzene ring substituents is 1. The monoisotopic (exact) mass is 293 g/mol. The van der Waals surface area contributed by atoms with Crippen molar-refractivity contribution in [3.8, 4) is 17.2 Å². The Kier molecular flexibility index (Phi) is 4.42. The van der Waals surface area contributed by atoms with E-state index >= 15 is 0 Å². The van der Waals surface area contributed by atoms with Gasteiger partial charge in [-0.15, -0.1) is 11.6 Å². The molecule has 0 N–H and O–H groups in total. The van der Waals surface area contributed by atoms with Gasteiger partial charge in [-0.25, -0.2) is 0 Å². The summed E-state index contributed by atoms with van der Waals surface area (Å²) in [6, 6.07) is 11.4. The van der Waals surface area contributed by atoms with Gasteiger partial charge in [-0.2, -0.15) is 0 Å². The Morgan fingerprint density at radius 2 is 2.00 bits per heavy atom. The zero-order chi connectivity index (χ0) is 14.5. The average Bonchev–Trinajstić information content (AvgIpc) is 2.47. The molecular weight excluding hydrogens is 282 g/mol. The largest absolute Gasteiger partial charge is 0.497 e. The van der Waals surface area contributed by atoms with Crippen LogP contribution in [0.3, 0.4) is 0 Å². The van der Waals surface area contributed by atoms with Crippen molar-refractivity contribution >= 4 is 17.3 Å². The minimum atomic E-state index is -0.500. The number of methoxy groups -OCH3 is 1. The second-order valence-corrected chi connectivity index (χ2v) is 4.24. The number of hydrogen-bond acceptors (Lipinski definition) is 4. The number of ether oxygens (including phenoxy) is 2. The lowest BCUT2D eigenvalue weighted by Gasteiger charge is -2.08. The molecule has 20 heavy (non-hydrogen) atoms. The Balaban J connectivity index is 2.37. The molecule has 0 saturated heterocycles. The SMILES string of the molecule is COc1ccc([N+](=O)[O-])c(Oc2cccc(CCl)c2)c1. The van der Waals surface area contributed by atoms with Crippen LogP contribution in [0.1, 0.15) is 5.56 Å². The maximum Gasteiger partial charge on any atom is 0.311 e. The van der Waals surface area contributed by atoms with Crippen molar-refractivity contribution in [3.63, 3.8) is 0 Å². The van der Waals surface area contributed by atoms with Crippen LogP contribution >= 0.6 is 11.6 Å². The highest BCUT2D eigenvalue weighted by molar-refractivity contribution is 6.17. The second kappa shape index (κ2) is 6.25. The van der Waals surface area contributed by atoms with Gasteiger partial charge in [0.2, 0.25) is 5.75 Å². The normalized spacial score (nSPS) is 10.1. The van der Waals surface area contributed by atoms with E-state index in [9.17, 15) is 10.1 Å². The fourth-order valence-electron chi connectivity index (χ4n) is 1.67. The molecule has 2 aromatic rings. The van der Waals surface area contributed by atoms with Gasteiger partial charge in [0.15, 0.2) is 0 Å². The van der Waals surface area contributed by atoms with Crippen molar-refractivity contribution in [3.05, 3.63) is 58.1 Å². The molecule has 0 bridgehead atoms. The van der Waals surface area contributed by atoms with Gasteiger partial charge < -0.3 is 9.47 Å². The molecule has 0 aromatic heterocycles. The third-order valence-corrected chi connectivity index (χ3v) is 2.95. The summed E-state index contributed by atoms with van der Waals surface area (Å²) in [6.45, 7) is 0. The molecule has 2 rings (SSSR count). The zero-order valence-electron chi connectivity index (χ0n) is 10.7. The highest BCUT2D eigenvalue weighted by Crippen LogP contribution is 2.34. The minimum absolute atomic E-state index is 0.123. The predicted octanol–water partition coefficient (Wildman–Crippen LogP) is 4.13. The van der Waals surface area contributed by atoms with Crippen LogP contribution in [-0.2, 0) is 5.88 Å². The van der Waals surface area contributed by atoms with E-state index in [-0.39, 0.29) is 11.4 Å². The van der Waals surface area contributed by atoms with E-state index in [1.54, 1.807) is 18.2 Å². The van der Waals surface area contributed by atoms with Crippen LogP contribution in [0.2, 0.25) is 0 Å². The van der Waals surface area contributed by atoms with Gasteiger partial charge in [0.1, 0.15) is 11.5 Å². The van der Waals surface area contributed by atoms with Crippen molar-refractivity contribution in [2.75, 3.05) is 7.11 Å².